The molecule has 1 atom stereocenters. The van der Waals surface area contributed by atoms with E-state index in [0.29, 0.717) is 6.61 Å². The number of piperidine rings is 1. The van der Waals surface area contributed by atoms with Crippen LogP contribution in [0.5, 0.6) is 0 Å². The Morgan fingerprint density at radius 3 is 3.00 bits per heavy atom. The van der Waals surface area contributed by atoms with Crippen LogP contribution < -0.4 is 5.32 Å². The largest absolute Gasteiger partial charge is 0.396 e. The van der Waals surface area contributed by atoms with E-state index in [1.54, 1.807) is 0 Å². The summed E-state index contributed by atoms with van der Waals surface area (Å²) in [7, 11) is 2.03. The van der Waals surface area contributed by atoms with Crippen LogP contribution in [0.1, 0.15) is 25.7 Å². The summed E-state index contributed by atoms with van der Waals surface area (Å²) in [5, 5.41) is 12.0. The molecule has 1 aliphatic heterocycles. The molecular weight excluding hydrogens is 176 g/mol. The highest BCUT2D eigenvalue weighted by Crippen LogP contribution is 2.15. The van der Waals surface area contributed by atoms with Gasteiger partial charge in [-0.2, -0.15) is 0 Å². The van der Waals surface area contributed by atoms with Gasteiger partial charge in [0.15, 0.2) is 0 Å². The van der Waals surface area contributed by atoms with Gasteiger partial charge in [0.05, 0.1) is 0 Å². The Labute approximate surface area is 87.5 Å². The van der Waals surface area contributed by atoms with Crippen LogP contribution in [0.25, 0.3) is 0 Å². The highest BCUT2D eigenvalue weighted by atomic mass is 16.2. The lowest BCUT2D eigenvalue weighted by atomic mass is 9.98. The van der Waals surface area contributed by atoms with Gasteiger partial charge in [-0.15, -0.1) is 0 Å². The van der Waals surface area contributed by atoms with Gasteiger partial charge in [-0.1, -0.05) is 0 Å². The van der Waals surface area contributed by atoms with E-state index in [-0.39, 0.29) is 0 Å². The number of hydrogen-bond donors (Lipinski definition) is 2. The van der Waals surface area contributed by atoms with Crippen LogP contribution in [0.3, 0.4) is 0 Å². The molecule has 1 rings (SSSR count). The average Bonchev–Trinajstić information content (AvgIpc) is 2.19. The number of rotatable bonds is 6. The maximum atomic E-state index is 8.70. The average molecular weight is 200 g/mol. The molecule has 0 aromatic heterocycles. The van der Waals surface area contributed by atoms with Crippen molar-refractivity contribution in [2.45, 2.75) is 25.7 Å². The van der Waals surface area contributed by atoms with Gasteiger partial charge in [-0.25, -0.2) is 0 Å². The van der Waals surface area contributed by atoms with E-state index in [4.69, 9.17) is 5.11 Å². The summed E-state index contributed by atoms with van der Waals surface area (Å²) in [6.07, 6.45) is 4.80. The molecule has 0 aromatic carbocycles. The number of nitrogens with zero attached hydrogens (tertiary/aromatic N) is 1. The van der Waals surface area contributed by atoms with Crippen molar-refractivity contribution < 1.29 is 5.11 Å². The normalized spacial score (nSPS) is 24.0. The highest BCUT2D eigenvalue weighted by molar-refractivity contribution is 4.73. The van der Waals surface area contributed by atoms with Gasteiger partial charge in [0, 0.05) is 13.2 Å². The minimum Gasteiger partial charge on any atom is -0.396 e. The molecule has 0 radical (unpaired) electrons. The zero-order chi connectivity index (χ0) is 10.2. The zero-order valence-corrected chi connectivity index (χ0v) is 9.34. The van der Waals surface area contributed by atoms with E-state index in [1.165, 1.54) is 32.5 Å². The molecule has 0 spiro atoms. The van der Waals surface area contributed by atoms with E-state index < -0.39 is 0 Å². The summed E-state index contributed by atoms with van der Waals surface area (Å²) in [5.41, 5.74) is 0. The van der Waals surface area contributed by atoms with Crippen molar-refractivity contribution in [3.05, 3.63) is 0 Å². The molecule has 0 bridgehead atoms. The summed E-state index contributed by atoms with van der Waals surface area (Å²) >= 11 is 0. The Balaban J connectivity index is 2.12. The molecule has 0 amide bonds. The van der Waals surface area contributed by atoms with Crippen LogP contribution in [-0.2, 0) is 0 Å². The molecule has 3 heteroatoms. The minimum atomic E-state index is 0.341. The first kappa shape index (κ1) is 12.0. The first-order chi connectivity index (χ1) is 6.86. The lowest BCUT2D eigenvalue weighted by Gasteiger charge is -2.32. The molecule has 0 saturated carbocycles. The molecule has 1 unspecified atom stereocenters. The van der Waals surface area contributed by atoms with Gasteiger partial charge < -0.3 is 15.3 Å². The molecule has 1 heterocycles. The SMILES string of the molecule is CNCC1CCCN(CCCCO)C1. The van der Waals surface area contributed by atoms with Crippen molar-refractivity contribution in [2.75, 3.05) is 39.8 Å². The number of hydrogen-bond acceptors (Lipinski definition) is 3. The molecule has 3 nitrogen and oxygen atoms in total. The van der Waals surface area contributed by atoms with Gasteiger partial charge in [-0.05, 0) is 58.3 Å². The fraction of sp³-hybridized carbons (Fsp3) is 1.00. The monoisotopic (exact) mass is 200 g/mol. The van der Waals surface area contributed by atoms with Crippen molar-refractivity contribution in [1.82, 2.24) is 10.2 Å². The third-order valence-electron chi connectivity index (χ3n) is 2.98. The lowest BCUT2D eigenvalue weighted by Crippen LogP contribution is -2.39. The van der Waals surface area contributed by atoms with Crippen molar-refractivity contribution in [3.8, 4) is 0 Å². The summed E-state index contributed by atoms with van der Waals surface area (Å²) in [6, 6.07) is 0. The second-order valence-corrected chi connectivity index (χ2v) is 4.30. The van der Waals surface area contributed by atoms with Gasteiger partial charge in [0.1, 0.15) is 0 Å². The van der Waals surface area contributed by atoms with Crippen molar-refractivity contribution in [2.24, 2.45) is 5.92 Å². The first-order valence-electron chi connectivity index (χ1n) is 5.84. The smallest absolute Gasteiger partial charge is 0.0431 e. The van der Waals surface area contributed by atoms with Crippen LogP contribution in [0.15, 0.2) is 0 Å². The molecular formula is C11H24N2O. The Morgan fingerprint density at radius 2 is 2.29 bits per heavy atom. The topological polar surface area (TPSA) is 35.5 Å². The fourth-order valence-electron chi connectivity index (χ4n) is 2.26. The zero-order valence-electron chi connectivity index (χ0n) is 9.34. The number of nitrogens with one attached hydrogen (secondary N) is 1. The number of likely N-dealkylation sites (tertiary alicyclic amines) is 1. The van der Waals surface area contributed by atoms with Gasteiger partial charge in [-0.3, -0.25) is 0 Å². The molecule has 84 valence electrons. The van der Waals surface area contributed by atoms with Gasteiger partial charge >= 0.3 is 0 Å². The third-order valence-corrected chi connectivity index (χ3v) is 2.98. The summed E-state index contributed by atoms with van der Waals surface area (Å²) in [4.78, 5) is 2.54. The maximum Gasteiger partial charge on any atom is 0.0431 e. The number of aliphatic hydroxyl groups excluding tert-OH is 1. The third kappa shape index (κ3) is 4.40. The lowest BCUT2D eigenvalue weighted by molar-refractivity contribution is 0.166. The first-order valence-corrected chi connectivity index (χ1v) is 5.84. The Morgan fingerprint density at radius 1 is 1.43 bits per heavy atom. The Kier molecular flexibility index (Phi) is 6.15. The predicted octanol–water partition coefficient (Wildman–Crippen LogP) is 0.690. The quantitative estimate of drug-likeness (QED) is 0.619. The molecule has 14 heavy (non-hydrogen) atoms. The molecule has 0 aliphatic carbocycles. The van der Waals surface area contributed by atoms with Gasteiger partial charge in [0.2, 0.25) is 0 Å². The second-order valence-electron chi connectivity index (χ2n) is 4.30. The Bertz CT molecular complexity index is 139. The number of aliphatic hydroxyl groups is 1. The summed E-state index contributed by atoms with van der Waals surface area (Å²) < 4.78 is 0. The van der Waals surface area contributed by atoms with E-state index in [0.717, 1.165) is 25.3 Å². The van der Waals surface area contributed by atoms with Crippen molar-refractivity contribution in [1.29, 1.82) is 0 Å². The molecule has 1 fully saturated rings. The molecule has 1 aliphatic rings. The molecule has 2 N–H and O–H groups in total. The van der Waals surface area contributed by atoms with Crippen LogP contribution in [0.4, 0.5) is 0 Å². The highest BCUT2D eigenvalue weighted by Gasteiger charge is 2.18. The Hall–Kier alpha value is -0.120. The van der Waals surface area contributed by atoms with E-state index in [2.05, 4.69) is 10.2 Å². The van der Waals surface area contributed by atoms with Crippen molar-refractivity contribution in [3.63, 3.8) is 0 Å². The predicted molar refractivity (Wildman–Crippen MR) is 59.4 cm³/mol. The van der Waals surface area contributed by atoms with Crippen LogP contribution >= 0.6 is 0 Å². The van der Waals surface area contributed by atoms with Crippen LogP contribution in [0, 0.1) is 5.92 Å². The molecule has 1 saturated heterocycles. The van der Waals surface area contributed by atoms with Crippen LogP contribution in [-0.4, -0.2) is 49.8 Å². The summed E-state index contributed by atoms with van der Waals surface area (Å²) in [5.74, 6) is 0.836. The molecule has 0 aromatic rings. The maximum absolute atomic E-state index is 8.70. The summed E-state index contributed by atoms with van der Waals surface area (Å²) in [6.45, 7) is 5.16. The second kappa shape index (κ2) is 7.21. The van der Waals surface area contributed by atoms with Crippen molar-refractivity contribution >= 4 is 0 Å². The number of unbranched alkanes of at least 4 members (excludes halogenated alkanes) is 1. The van der Waals surface area contributed by atoms with E-state index in [1.807, 2.05) is 7.05 Å². The minimum absolute atomic E-state index is 0.341. The fourth-order valence-corrected chi connectivity index (χ4v) is 2.26. The standard InChI is InChI=1S/C11H24N2O/c1-12-9-11-5-4-7-13(10-11)6-2-3-8-14/h11-12,14H,2-10H2,1H3. The van der Waals surface area contributed by atoms with E-state index in [9.17, 15) is 0 Å². The van der Waals surface area contributed by atoms with Crippen LogP contribution in [0.2, 0.25) is 0 Å². The van der Waals surface area contributed by atoms with Gasteiger partial charge in [0.25, 0.3) is 0 Å². The van der Waals surface area contributed by atoms with E-state index >= 15 is 0 Å².